The van der Waals surface area contributed by atoms with E-state index in [1.807, 2.05) is 25.1 Å². The second-order valence-corrected chi connectivity index (χ2v) is 6.30. The zero-order chi connectivity index (χ0) is 20.4. The molecule has 148 valence electrons. The molecule has 28 heavy (non-hydrogen) atoms. The van der Waals surface area contributed by atoms with Gasteiger partial charge < -0.3 is 9.47 Å². The van der Waals surface area contributed by atoms with Gasteiger partial charge in [0, 0.05) is 30.4 Å². The second-order valence-electron chi connectivity index (χ2n) is 6.30. The van der Waals surface area contributed by atoms with Gasteiger partial charge in [-0.15, -0.1) is 0 Å². The predicted octanol–water partition coefficient (Wildman–Crippen LogP) is 4.07. The van der Waals surface area contributed by atoms with Crippen LogP contribution in [0.3, 0.4) is 0 Å². The summed E-state index contributed by atoms with van der Waals surface area (Å²) in [5, 5.41) is 0.808. The van der Waals surface area contributed by atoms with E-state index < -0.39 is 11.8 Å². The van der Waals surface area contributed by atoms with Crippen molar-refractivity contribution in [2.24, 2.45) is 0 Å². The third-order valence-electron chi connectivity index (χ3n) is 4.25. The number of methoxy groups -OCH3 is 1. The number of nitrogens with zero attached hydrogens (tertiary/aromatic N) is 1. The van der Waals surface area contributed by atoms with Crippen LogP contribution in [0.25, 0.3) is 10.9 Å². The van der Waals surface area contributed by atoms with Gasteiger partial charge in [-0.1, -0.05) is 25.1 Å². The van der Waals surface area contributed by atoms with Crippen molar-refractivity contribution in [3.63, 3.8) is 0 Å². The smallest absolute Gasteiger partial charge is 0.330 e. The molecule has 0 aliphatic carbocycles. The van der Waals surface area contributed by atoms with Crippen LogP contribution < -0.4 is 4.74 Å². The number of rotatable bonds is 11. The standard InChI is InChI=1S/C22H25NO5/c1-3-16(24)10-6-4-5-7-13-22(26)28-15-20(25)19-14-21(27-2)17-11-8-9-12-18(17)23-19/h7-9,11-14H,3-6,10,15H2,1-2H3/b13-7+. The number of unbranched alkanes of at least 4 members (excludes halogenated alkanes) is 2. The zero-order valence-corrected chi connectivity index (χ0v) is 16.3. The number of ether oxygens (including phenoxy) is 2. The molecule has 0 radical (unpaired) electrons. The molecule has 6 heteroatoms. The van der Waals surface area contributed by atoms with Gasteiger partial charge in [-0.05, 0) is 31.4 Å². The van der Waals surface area contributed by atoms with E-state index in [9.17, 15) is 14.4 Å². The average molecular weight is 383 g/mol. The molecule has 0 saturated heterocycles. The number of benzene rings is 1. The van der Waals surface area contributed by atoms with Crippen LogP contribution in [0.5, 0.6) is 5.75 Å². The van der Waals surface area contributed by atoms with Crippen LogP contribution in [0.2, 0.25) is 0 Å². The third kappa shape index (κ3) is 6.30. The van der Waals surface area contributed by atoms with Crippen molar-refractivity contribution >= 4 is 28.4 Å². The molecule has 0 spiro atoms. The summed E-state index contributed by atoms with van der Waals surface area (Å²) in [6, 6.07) is 8.89. The number of carbonyl (C=O) groups is 3. The van der Waals surface area contributed by atoms with E-state index in [1.165, 1.54) is 13.2 Å². The van der Waals surface area contributed by atoms with Gasteiger partial charge in [0.15, 0.2) is 6.61 Å². The number of allylic oxidation sites excluding steroid dienone is 1. The van der Waals surface area contributed by atoms with Crippen LogP contribution in [-0.2, 0) is 14.3 Å². The Kier molecular flexibility index (Phi) is 8.34. The summed E-state index contributed by atoms with van der Waals surface area (Å²) < 4.78 is 10.3. The van der Waals surface area contributed by atoms with Crippen LogP contribution in [0.15, 0.2) is 42.5 Å². The highest BCUT2D eigenvalue weighted by Crippen LogP contribution is 2.25. The number of pyridine rings is 1. The number of ketones is 2. The van der Waals surface area contributed by atoms with Gasteiger partial charge in [0.05, 0.1) is 12.6 Å². The van der Waals surface area contributed by atoms with Crippen LogP contribution in [-0.4, -0.2) is 36.2 Å². The number of para-hydroxylation sites is 1. The van der Waals surface area contributed by atoms with E-state index in [1.54, 1.807) is 18.2 Å². The first-order chi connectivity index (χ1) is 13.5. The molecule has 0 amide bonds. The van der Waals surface area contributed by atoms with E-state index in [0.717, 1.165) is 18.2 Å². The fourth-order valence-electron chi connectivity index (χ4n) is 2.65. The molecule has 1 heterocycles. The van der Waals surface area contributed by atoms with Crippen molar-refractivity contribution in [1.82, 2.24) is 4.98 Å². The number of fused-ring (bicyclic) bond motifs is 1. The summed E-state index contributed by atoms with van der Waals surface area (Å²) in [6.45, 7) is 1.46. The monoisotopic (exact) mass is 383 g/mol. The fraction of sp³-hybridized carbons (Fsp3) is 0.364. The molecule has 1 aromatic carbocycles. The number of Topliss-reactive ketones (excluding diaryl/α,β-unsaturated/α-hetero) is 2. The van der Waals surface area contributed by atoms with Crippen LogP contribution in [0, 0.1) is 0 Å². The van der Waals surface area contributed by atoms with E-state index in [0.29, 0.717) is 30.5 Å². The molecule has 6 nitrogen and oxygen atoms in total. The number of carbonyl (C=O) groups excluding carboxylic acids is 3. The van der Waals surface area contributed by atoms with Gasteiger partial charge in [-0.25, -0.2) is 9.78 Å². The Balaban J connectivity index is 1.83. The van der Waals surface area contributed by atoms with Crippen molar-refractivity contribution in [2.75, 3.05) is 13.7 Å². The maximum Gasteiger partial charge on any atom is 0.330 e. The maximum absolute atomic E-state index is 12.3. The Morgan fingerprint density at radius 3 is 2.68 bits per heavy atom. The second kappa shape index (κ2) is 11.0. The van der Waals surface area contributed by atoms with E-state index in [2.05, 4.69) is 4.98 Å². The molecule has 1 aromatic heterocycles. The van der Waals surface area contributed by atoms with Crippen LogP contribution in [0.1, 0.15) is 49.5 Å². The first kappa shape index (κ1) is 21.3. The third-order valence-corrected chi connectivity index (χ3v) is 4.25. The SMILES string of the molecule is CCC(=O)CCCC/C=C/C(=O)OCC(=O)c1cc(OC)c2ccccc2n1. The normalized spacial score (nSPS) is 10.9. The number of hydrogen-bond donors (Lipinski definition) is 0. The topological polar surface area (TPSA) is 82.6 Å². The lowest BCUT2D eigenvalue weighted by Crippen LogP contribution is -2.14. The van der Waals surface area contributed by atoms with Gasteiger partial charge in [0.2, 0.25) is 5.78 Å². The molecular weight excluding hydrogens is 358 g/mol. The van der Waals surface area contributed by atoms with Gasteiger partial charge in [-0.2, -0.15) is 0 Å². The molecule has 0 aliphatic rings. The molecule has 2 rings (SSSR count). The minimum Gasteiger partial charge on any atom is -0.496 e. The molecule has 0 N–H and O–H groups in total. The molecule has 0 saturated carbocycles. The van der Waals surface area contributed by atoms with Gasteiger partial charge in [-0.3, -0.25) is 9.59 Å². The highest BCUT2D eigenvalue weighted by molar-refractivity contribution is 6.00. The quantitative estimate of drug-likeness (QED) is 0.252. The number of esters is 1. The summed E-state index contributed by atoms with van der Waals surface area (Å²) in [4.78, 5) is 39.6. The summed E-state index contributed by atoms with van der Waals surface area (Å²) in [5.41, 5.74) is 0.825. The highest BCUT2D eigenvalue weighted by Gasteiger charge is 2.14. The van der Waals surface area contributed by atoms with Gasteiger partial charge in [0.25, 0.3) is 0 Å². The summed E-state index contributed by atoms with van der Waals surface area (Å²) in [5.74, 6) is -0.183. The molecular formula is C22H25NO5. The minimum absolute atomic E-state index is 0.188. The molecule has 0 atom stereocenters. The first-order valence-corrected chi connectivity index (χ1v) is 9.37. The zero-order valence-electron chi connectivity index (χ0n) is 16.3. The Labute approximate surface area is 164 Å². The van der Waals surface area contributed by atoms with Gasteiger partial charge >= 0.3 is 5.97 Å². The number of hydrogen-bond acceptors (Lipinski definition) is 6. The first-order valence-electron chi connectivity index (χ1n) is 9.37. The van der Waals surface area contributed by atoms with Crippen molar-refractivity contribution < 1.29 is 23.9 Å². The molecule has 2 aromatic rings. The van der Waals surface area contributed by atoms with Gasteiger partial charge in [0.1, 0.15) is 17.2 Å². The predicted molar refractivity (Wildman–Crippen MR) is 106 cm³/mol. The van der Waals surface area contributed by atoms with Crippen LogP contribution >= 0.6 is 0 Å². The summed E-state index contributed by atoms with van der Waals surface area (Å²) >= 11 is 0. The summed E-state index contributed by atoms with van der Waals surface area (Å²) in [7, 11) is 1.53. The fourth-order valence-corrected chi connectivity index (χ4v) is 2.65. The minimum atomic E-state index is -0.578. The van der Waals surface area contributed by atoms with E-state index in [4.69, 9.17) is 9.47 Å². The average Bonchev–Trinajstić information content (AvgIpc) is 2.73. The summed E-state index contributed by atoms with van der Waals surface area (Å²) in [6.07, 6.45) is 6.46. The Morgan fingerprint density at radius 2 is 1.93 bits per heavy atom. The maximum atomic E-state index is 12.3. The lowest BCUT2D eigenvalue weighted by Gasteiger charge is -2.08. The van der Waals surface area contributed by atoms with Crippen LogP contribution in [0.4, 0.5) is 0 Å². The Hall–Kier alpha value is -3.02. The largest absolute Gasteiger partial charge is 0.496 e. The molecule has 0 unspecified atom stereocenters. The van der Waals surface area contributed by atoms with E-state index in [-0.39, 0.29) is 18.1 Å². The molecule has 0 aliphatic heterocycles. The van der Waals surface area contributed by atoms with Crippen molar-refractivity contribution in [3.8, 4) is 5.75 Å². The van der Waals surface area contributed by atoms with Crippen molar-refractivity contribution in [3.05, 3.63) is 48.2 Å². The lowest BCUT2D eigenvalue weighted by molar-refractivity contribution is -0.136. The Morgan fingerprint density at radius 1 is 1.14 bits per heavy atom. The number of aromatic nitrogens is 1. The molecule has 0 fully saturated rings. The Bertz CT molecular complexity index is 872. The van der Waals surface area contributed by atoms with Crippen molar-refractivity contribution in [2.45, 2.75) is 39.0 Å². The molecule has 0 bridgehead atoms. The van der Waals surface area contributed by atoms with E-state index >= 15 is 0 Å². The lowest BCUT2D eigenvalue weighted by atomic mass is 10.1. The van der Waals surface area contributed by atoms with Crippen molar-refractivity contribution in [1.29, 1.82) is 0 Å². The highest BCUT2D eigenvalue weighted by atomic mass is 16.5.